The lowest BCUT2D eigenvalue weighted by Crippen LogP contribution is -2.51. The molecule has 1 N–H and O–H groups in total. The molecule has 174 valence electrons. The number of halogens is 3. The van der Waals surface area contributed by atoms with Gasteiger partial charge in [0.05, 0.1) is 23.7 Å². The quantitative estimate of drug-likeness (QED) is 0.716. The van der Waals surface area contributed by atoms with Gasteiger partial charge in [-0.15, -0.1) is 0 Å². The van der Waals surface area contributed by atoms with E-state index in [1.54, 1.807) is 12.0 Å². The maximum absolute atomic E-state index is 13.6. The number of methoxy groups -OCH3 is 1. The Bertz CT molecular complexity index is 937. The van der Waals surface area contributed by atoms with E-state index in [1.807, 2.05) is 6.08 Å². The lowest BCUT2D eigenvalue weighted by molar-refractivity contribution is -0.137. The van der Waals surface area contributed by atoms with Crippen LogP contribution in [0.3, 0.4) is 0 Å². The smallest absolute Gasteiger partial charge is 0.379 e. The van der Waals surface area contributed by atoms with Crippen LogP contribution in [0.1, 0.15) is 36.6 Å². The van der Waals surface area contributed by atoms with Crippen LogP contribution >= 0.6 is 0 Å². The molecule has 0 saturated carbocycles. The molecule has 0 bridgehead atoms. The Morgan fingerprint density at radius 3 is 2.94 bits per heavy atom. The summed E-state index contributed by atoms with van der Waals surface area (Å²) < 4.78 is 50.5. The van der Waals surface area contributed by atoms with E-state index < -0.39 is 17.2 Å². The Hall–Kier alpha value is -1.97. The highest BCUT2D eigenvalue weighted by atomic mass is 19.4. The van der Waals surface area contributed by atoms with Crippen molar-refractivity contribution in [3.05, 3.63) is 41.2 Å². The molecule has 1 aromatic rings. The number of pyridine rings is 1. The highest BCUT2D eigenvalue weighted by molar-refractivity contribution is 5.89. The predicted octanol–water partition coefficient (Wildman–Crippen LogP) is 2.71. The Kier molecular flexibility index (Phi) is 5.34. The molecular weight excluding hydrogens is 423 g/mol. The van der Waals surface area contributed by atoms with Crippen LogP contribution in [0.5, 0.6) is 0 Å². The Morgan fingerprint density at radius 1 is 1.38 bits per heavy atom. The fourth-order valence-corrected chi connectivity index (χ4v) is 5.91. The first-order valence-corrected chi connectivity index (χ1v) is 11.1. The molecule has 0 radical (unpaired) electrons. The summed E-state index contributed by atoms with van der Waals surface area (Å²) in [5.74, 6) is 0.0529. The van der Waals surface area contributed by atoms with Gasteiger partial charge >= 0.3 is 6.18 Å². The molecule has 0 aromatic carbocycles. The average molecular weight is 451 g/mol. The zero-order valence-electron chi connectivity index (χ0n) is 18.2. The standard InChI is InChI=1S/C23H28F3N3O3/c1-13-19-8-18-14(7-15(10-27-18)23(24,25)26)11-29(19)21(30)22(13)5-3-16(9-22)28-17-4-6-32-12-20(17)31-2/h3,5,7,10,13,16-17,19-20,28H,4,6,8-9,11-12H2,1-2H3/t13?,16-,17+,19?,20-,22+/m1/s1. The number of rotatable bonds is 3. The molecule has 1 aliphatic carbocycles. The molecule has 2 fully saturated rings. The molecule has 4 aliphatic rings. The fourth-order valence-electron chi connectivity index (χ4n) is 5.91. The van der Waals surface area contributed by atoms with Crippen molar-refractivity contribution in [3.8, 4) is 0 Å². The van der Waals surface area contributed by atoms with Gasteiger partial charge in [-0.3, -0.25) is 9.78 Å². The molecule has 4 heterocycles. The van der Waals surface area contributed by atoms with Crippen molar-refractivity contribution in [3.63, 3.8) is 0 Å². The largest absolute Gasteiger partial charge is 0.417 e. The van der Waals surface area contributed by atoms with Crippen molar-refractivity contribution in [1.82, 2.24) is 15.2 Å². The van der Waals surface area contributed by atoms with E-state index in [-0.39, 0.29) is 42.6 Å². The van der Waals surface area contributed by atoms with Crippen molar-refractivity contribution >= 4 is 5.91 Å². The minimum atomic E-state index is -4.44. The number of fused-ring (bicyclic) bond motifs is 2. The molecule has 3 aliphatic heterocycles. The van der Waals surface area contributed by atoms with Crippen LogP contribution in [0.25, 0.3) is 0 Å². The van der Waals surface area contributed by atoms with Gasteiger partial charge < -0.3 is 19.7 Å². The molecule has 9 heteroatoms. The first-order valence-electron chi connectivity index (χ1n) is 11.1. The number of hydrogen-bond donors (Lipinski definition) is 1. The third kappa shape index (κ3) is 3.45. The van der Waals surface area contributed by atoms with Gasteiger partial charge in [-0.05, 0) is 30.4 Å². The van der Waals surface area contributed by atoms with Gasteiger partial charge in [-0.2, -0.15) is 13.2 Å². The van der Waals surface area contributed by atoms with Gasteiger partial charge in [0, 0.05) is 56.7 Å². The molecule has 2 saturated heterocycles. The number of amides is 1. The highest BCUT2D eigenvalue weighted by Crippen LogP contribution is 2.51. The highest BCUT2D eigenvalue weighted by Gasteiger charge is 2.58. The molecule has 2 unspecified atom stereocenters. The van der Waals surface area contributed by atoms with E-state index in [0.717, 1.165) is 18.7 Å². The number of alkyl halides is 3. The summed E-state index contributed by atoms with van der Waals surface area (Å²) in [5, 5.41) is 3.63. The van der Waals surface area contributed by atoms with E-state index in [0.29, 0.717) is 37.3 Å². The van der Waals surface area contributed by atoms with Gasteiger partial charge in [0.25, 0.3) is 0 Å². The molecule has 1 spiro atoms. The van der Waals surface area contributed by atoms with E-state index in [2.05, 4.69) is 23.3 Å². The molecule has 1 aromatic heterocycles. The van der Waals surface area contributed by atoms with Crippen molar-refractivity contribution < 1.29 is 27.4 Å². The predicted molar refractivity (Wildman–Crippen MR) is 110 cm³/mol. The normalized spacial score (nSPS) is 36.6. The van der Waals surface area contributed by atoms with Gasteiger partial charge in [0.2, 0.25) is 5.91 Å². The first kappa shape index (κ1) is 21.9. The number of carbonyl (C=O) groups excluding carboxylic acids is 1. The van der Waals surface area contributed by atoms with E-state index in [9.17, 15) is 18.0 Å². The number of hydrogen-bond acceptors (Lipinski definition) is 5. The summed E-state index contributed by atoms with van der Waals surface area (Å²) in [6.07, 6.45) is 2.50. The molecule has 1 amide bonds. The van der Waals surface area contributed by atoms with Crippen LogP contribution in [-0.4, -0.2) is 60.3 Å². The average Bonchev–Trinajstić information content (AvgIpc) is 3.28. The van der Waals surface area contributed by atoms with Gasteiger partial charge in [-0.25, -0.2) is 0 Å². The van der Waals surface area contributed by atoms with E-state index >= 15 is 0 Å². The van der Waals surface area contributed by atoms with Crippen molar-refractivity contribution in [2.75, 3.05) is 20.3 Å². The third-order valence-corrected chi connectivity index (χ3v) is 7.80. The lowest BCUT2D eigenvalue weighted by Gasteiger charge is -2.34. The fraction of sp³-hybridized carbons (Fsp3) is 0.652. The maximum Gasteiger partial charge on any atom is 0.417 e. The number of nitrogens with one attached hydrogen (secondary N) is 1. The van der Waals surface area contributed by atoms with Gasteiger partial charge in [0.1, 0.15) is 0 Å². The molecule has 5 rings (SSSR count). The van der Waals surface area contributed by atoms with Crippen LogP contribution in [0.4, 0.5) is 13.2 Å². The summed E-state index contributed by atoms with van der Waals surface area (Å²) >= 11 is 0. The summed E-state index contributed by atoms with van der Waals surface area (Å²) in [4.78, 5) is 19.5. The Morgan fingerprint density at radius 2 is 2.19 bits per heavy atom. The van der Waals surface area contributed by atoms with E-state index in [1.165, 1.54) is 0 Å². The van der Waals surface area contributed by atoms with Crippen molar-refractivity contribution in [2.45, 2.75) is 63.1 Å². The Balaban J connectivity index is 1.34. The minimum absolute atomic E-state index is 0.00822. The second-order valence-corrected chi connectivity index (χ2v) is 9.44. The second-order valence-electron chi connectivity index (χ2n) is 9.44. The molecule has 6 atom stereocenters. The van der Waals surface area contributed by atoms with Gasteiger partial charge in [0.15, 0.2) is 0 Å². The number of ether oxygens (including phenoxy) is 2. The van der Waals surface area contributed by atoms with Crippen molar-refractivity contribution in [1.29, 1.82) is 0 Å². The molecule has 6 nitrogen and oxygen atoms in total. The summed E-state index contributed by atoms with van der Waals surface area (Å²) in [7, 11) is 1.68. The van der Waals surface area contributed by atoms with Gasteiger partial charge in [-0.1, -0.05) is 19.1 Å². The molecular formula is C23H28F3N3O3. The lowest BCUT2D eigenvalue weighted by atomic mass is 9.74. The van der Waals surface area contributed by atoms with Crippen LogP contribution < -0.4 is 5.32 Å². The van der Waals surface area contributed by atoms with Crippen LogP contribution in [0, 0.1) is 11.3 Å². The topological polar surface area (TPSA) is 63.7 Å². The second kappa shape index (κ2) is 7.81. The van der Waals surface area contributed by atoms with Crippen molar-refractivity contribution in [2.24, 2.45) is 11.3 Å². The monoisotopic (exact) mass is 451 g/mol. The summed E-state index contributed by atoms with van der Waals surface area (Å²) in [6, 6.07) is 1.28. The zero-order chi connectivity index (χ0) is 22.7. The summed E-state index contributed by atoms with van der Waals surface area (Å²) in [6.45, 7) is 3.48. The number of carbonyl (C=O) groups is 1. The molecule has 32 heavy (non-hydrogen) atoms. The third-order valence-electron chi connectivity index (χ3n) is 7.80. The van der Waals surface area contributed by atoms with Crippen LogP contribution in [-0.2, 0) is 33.4 Å². The van der Waals surface area contributed by atoms with Crippen LogP contribution in [0.15, 0.2) is 24.4 Å². The number of aromatic nitrogens is 1. The zero-order valence-corrected chi connectivity index (χ0v) is 18.2. The SMILES string of the molecule is CO[C@@H]1COCC[C@@H]1N[C@@H]1C=C[C@@]2(C1)C(=O)N1Cc3cc(C(F)(F)F)cnc3CC1C2C. The first-order chi connectivity index (χ1) is 15.2. The minimum Gasteiger partial charge on any atom is -0.379 e. The Labute approximate surface area is 185 Å². The number of nitrogens with zero attached hydrogens (tertiary/aromatic N) is 2. The van der Waals surface area contributed by atoms with Crippen LogP contribution in [0.2, 0.25) is 0 Å². The maximum atomic E-state index is 13.6. The van der Waals surface area contributed by atoms with E-state index in [4.69, 9.17) is 9.47 Å². The summed E-state index contributed by atoms with van der Waals surface area (Å²) in [5.41, 5.74) is -0.239.